The van der Waals surface area contributed by atoms with E-state index in [0.717, 1.165) is 24.3 Å². The summed E-state index contributed by atoms with van der Waals surface area (Å²) in [6, 6.07) is 9.22. The summed E-state index contributed by atoms with van der Waals surface area (Å²) >= 11 is 0. The van der Waals surface area contributed by atoms with Crippen LogP contribution in [0.15, 0.2) is 36.7 Å². The van der Waals surface area contributed by atoms with Crippen LogP contribution in [0, 0.1) is 0 Å². The van der Waals surface area contributed by atoms with Crippen LogP contribution in [0.3, 0.4) is 0 Å². The molecule has 1 heterocycles. The zero-order chi connectivity index (χ0) is 16.5. The number of carbonyl (C=O) groups is 1. The Kier molecular flexibility index (Phi) is 6.35. The standard InChI is InChI=1S/C17H22N4O2/c1-3-5-10-18-17(22)14-11-16(20-12-19-14)21-13-8-6-7-9-15(13)23-4-2/h6-9,11-12H,3-5,10H2,1-2H3,(H,18,22)(H,19,20,21). The number of anilines is 2. The molecule has 0 spiro atoms. The van der Waals surface area contributed by atoms with E-state index in [0.29, 0.717) is 24.7 Å². The van der Waals surface area contributed by atoms with Gasteiger partial charge in [-0.25, -0.2) is 9.97 Å². The molecule has 0 fully saturated rings. The number of amides is 1. The summed E-state index contributed by atoms with van der Waals surface area (Å²) in [5, 5.41) is 6.00. The first-order valence-electron chi connectivity index (χ1n) is 7.83. The highest BCUT2D eigenvalue weighted by Gasteiger charge is 2.09. The van der Waals surface area contributed by atoms with Crippen LogP contribution in [0.2, 0.25) is 0 Å². The predicted octanol–water partition coefficient (Wildman–Crippen LogP) is 3.15. The van der Waals surface area contributed by atoms with Gasteiger partial charge in [0.2, 0.25) is 0 Å². The Morgan fingerprint density at radius 3 is 2.83 bits per heavy atom. The summed E-state index contributed by atoms with van der Waals surface area (Å²) in [5.41, 5.74) is 1.14. The molecule has 6 nitrogen and oxygen atoms in total. The van der Waals surface area contributed by atoms with Gasteiger partial charge in [0.1, 0.15) is 23.6 Å². The molecule has 0 aliphatic heterocycles. The fourth-order valence-electron chi connectivity index (χ4n) is 2.01. The number of nitrogens with zero attached hydrogens (tertiary/aromatic N) is 2. The second-order valence-corrected chi connectivity index (χ2v) is 4.95. The first-order chi connectivity index (χ1) is 11.2. The van der Waals surface area contributed by atoms with Crippen molar-refractivity contribution in [3.8, 4) is 5.75 Å². The number of nitrogens with one attached hydrogen (secondary N) is 2. The van der Waals surface area contributed by atoms with Crippen molar-refractivity contribution in [1.82, 2.24) is 15.3 Å². The van der Waals surface area contributed by atoms with Crippen LogP contribution in [-0.4, -0.2) is 29.0 Å². The number of carbonyl (C=O) groups excluding carboxylic acids is 1. The lowest BCUT2D eigenvalue weighted by Crippen LogP contribution is -2.25. The van der Waals surface area contributed by atoms with E-state index in [4.69, 9.17) is 4.74 Å². The molecule has 2 aromatic rings. The molecule has 1 amide bonds. The maximum atomic E-state index is 12.0. The van der Waals surface area contributed by atoms with Crippen LogP contribution >= 0.6 is 0 Å². The van der Waals surface area contributed by atoms with Crippen LogP contribution in [-0.2, 0) is 0 Å². The predicted molar refractivity (Wildman–Crippen MR) is 90.2 cm³/mol. The number of hydrogen-bond acceptors (Lipinski definition) is 5. The van der Waals surface area contributed by atoms with E-state index in [1.165, 1.54) is 6.33 Å². The van der Waals surface area contributed by atoms with E-state index in [2.05, 4.69) is 27.5 Å². The summed E-state index contributed by atoms with van der Waals surface area (Å²) in [5.74, 6) is 1.09. The Morgan fingerprint density at radius 2 is 2.04 bits per heavy atom. The Labute approximate surface area is 136 Å². The van der Waals surface area contributed by atoms with Gasteiger partial charge < -0.3 is 15.4 Å². The molecule has 0 atom stereocenters. The molecule has 0 unspecified atom stereocenters. The summed E-state index contributed by atoms with van der Waals surface area (Å²) in [4.78, 5) is 20.2. The number of rotatable bonds is 8. The Morgan fingerprint density at radius 1 is 1.22 bits per heavy atom. The Hall–Kier alpha value is -2.63. The normalized spacial score (nSPS) is 10.2. The smallest absolute Gasteiger partial charge is 0.270 e. The molecule has 0 aliphatic carbocycles. The minimum Gasteiger partial charge on any atom is -0.492 e. The first kappa shape index (κ1) is 16.7. The lowest BCUT2D eigenvalue weighted by molar-refractivity contribution is 0.0948. The van der Waals surface area contributed by atoms with Gasteiger partial charge in [-0.1, -0.05) is 25.5 Å². The van der Waals surface area contributed by atoms with Crippen molar-refractivity contribution in [1.29, 1.82) is 0 Å². The quantitative estimate of drug-likeness (QED) is 0.732. The van der Waals surface area contributed by atoms with Crippen molar-refractivity contribution < 1.29 is 9.53 Å². The zero-order valence-electron chi connectivity index (χ0n) is 13.5. The van der Waals surface area contributed by atoms with Crippen LogP contribution in [0.25, 0.3) is 0 Å². The fraction of sp³-hybridized carbons (Fsp3) is 0.353. The molecule has 6 heteroatoms. The molecule has 1 aromatic heterocycles. The van der Waals surface area contributed by atoms with Crippen LogP contribution in [0.5, 0.6) is 5.75 Å². The highest BCUT2D eigenvalue weighted by molar-refractivity contribution is 5.93. The molecule has 122 valence electrons. The van der Waals surface area contributed by atoms with Crippen LogP contribution in [0.1, 0.15) is 37.2 Å². The molecule has 1 aromatic carbocycles. The summed E-state index contributed by atoms with van der Waals surface area (Å²) in [7, 11) is 0. The number of hydrogen-bond donors (Lipinski definition) is 2. The van der Waals surface area contributed by atoms with Crippen molar-refractivity contribution in [3.05, 3.63) is 42.4 Å². The molecular formula is C17H22N4O2. The van der Waals surface area contributed by atoms with Gasteiger partial charge in [0.15, 0.2) is 0 Å². The maximum Gasteiger partial charge on any atom is 0.270 e. The van der Waals surface area contributed by atoms with E-state index < -0.39 is 0 Å². The number of unbranched alkanes of at least 4 members (excludes halogenated alkanes) is 1. The molecular weight excluding hydrogens is 292 g/mol. The topological polar surface area (TPSA) is 76.1 Å². The molecule has 2 rings (SSSR count). The van der Waals surface area contributed by atoms with Crippen molar-refractivity contribution >= 4 is 17.4 Å². The van der Waals surface area contributed by atoms with E-state index in [9.17, 15) is 4.79 Å². The highest BCUT2D eigenvalue weighted by atomic mass is 16.5. The van der Waals surface area contributed by atoms with Gasteiger partial charge in [-0.15, -0.1) is 0 Å². The lowest BCUT2D eigenvalue weighted by atomic mass is 10.3. The molecule has 0 saturated heterocycles. The number of benzene rings is 1. The molecule has 0 saturated carbocycles. The van der Waals surface area contributed by atoms with Crippen molar-refractivity contribution in [3.63, 3.8) is 0 Å². The highest BCUT2D eigenvalue weighted by Crippen LogP contribution is 2.26. The minimum atomic E-state index is -0.193. The van der Waals surface area contributed by atoms with E-state index >= 15 is 0 Å². The number of ether oxygens (including phenoxy) is 1. The SMILES string of the molecule is CCCCNC(=O)c1cc(Nc2ccccc2OCC)ncn1. The Bertz CT molecular complexity index is 646. The summed E-state index contributed by atoms with van der Waals surface area (Å²) < 4.78 is 5.57. The van der Waals surface area contributed by atoms with Gasteiger partial charge >= 0.3 is 0 Å². The third kappa shape index (κ3) is 4.95. The van der Waals surface area contributed by atoms with Crippen LogP contribution in [0.4, 0.5) is 11.5 Å². The van der Waals surface area contributed by atoms with E-state index in [-0.39, 0.29) is 5.91 Å². The molecule has 0 radical (unpaired) electrons. The average Bonchev–Trinajstić information content (AvgIpc) is 2.57. The summed E-state index contributed by atoms with van der Waals surface area (Å²) in [6.07, 6.45) is 3.36. The third-order valence-electron chi connectivity index (χ3n) is 3.17. The van der Waals surface area contributed by atoms with Gasteiger partial charge in [0.05, 0.1) is 12.3 Å². The van der Waals surface area contributed by atoms with Gasteiger partial charge in [0, 0.05) is 12.6 Å². The zero-order valence-corrected chi connectivity index (χ0v) is 13.5. The minimum absolute atomic E-state index is 0.193. The number of para-hydroxylation sites is 2. The van der Waals surface area contributed by atoms with Crippen LogP contribution < -0.4 is 15.4 Å². The van der Waals surface area contributed by atoms with Gasteiger partial charge in [-0.2, -0.15) is 0 Å². The van der Waals surface area contributed by atoms with Gasteiger partial charge in [0.25, 0.3) is 5.91 Å². The fourth-order valence-corrected chi connectivity index (χ4v) is 2.01. The molecule has 0 bridgehead atoms. The largest absolute Gasteiger partial charge is 0.492 e. The third-order valence-corrected chi connectivity index (χ3v) is 3.17. The van der Waals surface area contributed by atoms with E-state index in [1.54, 1.807) is 6.07 Å². The maximum absolute atomic E-state index is 12.0. The van der Waals surface area contributed by atoms with Gasteiger partial charge in [-0.3, -0.25) is 4.79 Å². The molecule has 0 aliphatic rings. The monoisotopic (exact) mass is 314 g/mol. The number of aromatic nitrogens is 2. The Balaban J connectivity index is 2.09. The average molecular weight is 314 g/mol. The molecule has 2 N–H and O–H groups in total. The first-order valence-corrected chi connectivity index (χ1v) is 7.83. The summed E-state index contributed by atoms with van der Waals surface area (Å²) in [6.45, 7) is 5.23. The van der Waals surface area contributed by atoms with Crippen molar-refractivity contribution in [2.75, 3.05) is 18.5 Å². The van der Waals surface area contributed by atoms with E-state index in [1.807, 2.05) is 31.2 Å². The lowest BCUT2D eigenvalue weighted by Gasteiger charge is -2.12. The second kappa shape index (κ2) is 8.73. The van der Waals surface area contributed by atoms with Crippen molar-refractivity contribution in [2.45, 2.75) is 26.7 Å². The molecule has 23 heavy (non-hydrogen) atoms. The second-order valence-electron chi connectivity index (χ2n) is 4.95. The van der Waals surface area contributed by atoms with Gasteiger partial charge in [-0.05, 0) is 25.5 Å². The van der Waals surface area contributed by atoms with Crippen molar-refractivity contribution in [2.24, 2.45) is 0 Å².